The molecule has 0 N–H and O–H groups in total. The second-order valence-corrected chi connectivity index (χ2v) is 10.0. The van der Waals surface area contributed by atoms with E-state index >= 15 is 0 Å². The van der Waals surface area contributed by atoms with Crippen LogP contribution in [-0.4, -0.2) is 70.0 Å². The van der Waals surface area contributed by atoms with Gasteiger partial charge in [-0.1, -0.05) is 0 Å². The number of pyridine rings is 2. The topological polar surface area (TPSA) is 103 Å². The van der Waals surface area contributed by atoms with Crippen LogP contribution in [0.4, 0.5) is 28.9 Å². The summed E-state index contributed by atoms with van der Waals surface area (Å²) in [5.74, 6) is -0.772. The highest BCUT2D eigenvalue weighted by Crippen LogP contribution is 2.48. The van der Waals surface area contributed by atoms with E-state index in [0.717, 1.165) is 11.1 Å². The monoisotopic (exact) mass is 564 g/mol. The summed E-state index contributed by atoms with van der Waals surface area (Å²) >= 11 is 4.53. The first-order valence-corrected chi connectivity index (χ1v) is 12.8. The van der Waals surface area contributed by atoms with Gasteiger partial charge in [0.15, 0.2) is 22.5 Å². The third-order valence-electron chi connectivity index (χ3n) is 7.41. The molecule has 2 aliphatic heterocycles. The van der Waals surface area contributed by atoms with E-state index in [4.69, 9.17) is 10.00 Å². The van der Waals surface area contributed by atoms with Gasteiger partial charge in [0.05, 0.1) is 29.3 Å². The van der Waals surface area contributed by atoms with Crippen LogP contribution in [0.3, 0.4) is 0 Å². The molecule has 1 amide bonds. The molecule has 0 radical (unpaired) electrons. The lowest BCUT2D eigenvalue weighted by Crippen LogP contribution is -2.63. The number of likely N-dealkylation sites (tertiary alicyclic amines) is 1. The maximum absolute atomic E-state index is 13.6. The molecule has 2 saturated heterocycles. The molecule has 1 spiro atoms. The molecule has 206 valence electrons. The molecule has 39 heavy (non-hydrogen) atoms. The van der Waals surface area contributed by atoms with Crippen molar-refractivity contribution in [1.82, 2.24) is 14.9 Å². The molecule has 1 saturated carbocycles. The van der Waals surface area contributed by atoms with Crippen LogP contribution in [0.1, 0.15) is 36.9 Å². The van der Waals surface area contributed by atoms with Gasteiger partial charge in [-0.15, -0.1) is 12.6 Å². The molecule has 2 aromatic rings. The first kappa shape index (κ1) is 27.1. The van der Waals surface area contributed by atoms with Gasteiger partial charge >= 0.3 is 6.18 Å². The number of carbonyl (C=O) groups is 2. The molecule has 5 rings (SSSR count). The Kier molecular flexibility index (Phi) is 7.15. The summed E-state index contributed by atoms with van der Waals surface area (Å²) in [5, 5.41) is 9.06. The van der Waals surface area contributed by atoms with E-state index in [-0.39, 0.29) is 30.4 Å². The number of Topliss-reactive ketones (excluding diaryl/α,β-unsaturated/α-hetero) is 1. The lowest BCUT2D eigenvalue weighted by atomic mass is 9.74. The third kappa shape index (κ3) is 4.67. The first-order valence-electron chi connectivity index (χ1n) is 12.3. The molecule has 0 aromatic carbocycles. The number of aromatic nitrogens is 2. The maximum Gasteiger partial charge on any atom is 0.419 e. The van der Waals surface area contributed by atoms with E-state index < -0.39 is 41.1 Å². The number of amides is 1. The van der Waals surface area contributed by atoms with Gasteiger partial charge in [0.2, 0.25) is 5.88 Å². The lowest BCUT2D eigenvalue weighted by molar-refractivity contribution is -0.140. The van der Waals surface area contributed by atoms with Crippen LogP contribution in [0.25, 0.3) is 0 Å². The number of hydrogen-bond acceptors (Lipinski definition) is 9. The zero-order chi connectivity index (χ0) is 27.9. The van der Waals surface area contributed by atoms with E-state index in [9.17, 15) is 27.2 Å². The van der Waals surface area contributed by atoms with Crippen LogP contribution >= 0.6 is 12.6 Å². The normalized spacial score (nSPS) is 24.3. The number of nitriles is 1. The second-order valence-electron chi connectivity index (χ2n) is 9.58. The number of alkyl halides is 4. The minimum absolute atomic E-state index is 0.0908. The molecule has 2 unspecified atom stereocenters. The number of halogens is 4. The summed E-state index contributed by atoms with van der Waals surface area (Å²) in [5.41, 5.74) is -4.77. The zero-order valence-corrected chi connectivity index (χ0v) is 21.5. The fraction of sp³-hybridized carbons (Fsp3) is 0.480. The highest BCUT2D eigenvalue weighted by atomic mass is 32.1. The molecule has 14 heteroatoms. The van der Waals surface area contributed by atoms with E-state index in [1.165, 1.54) is 17.2 Å². The Morgan fingerprint density at radius 1 is 1.15 bits per heavy atom. The van der Waals surface area contributed by atoms with Gasteiger partial charge in [0.1, 0.15) is 18.8 Å². The molecule has 9 nitrogen and oxygen atoms in total. The summed E-state index contributed by atoms with van der Waals surface area (Å²) in [7, 11) is 0. The smallest absolute Gasteiger partial charge is 0.419 e. The quantitative estimate of drug-likeness (QED) is 0.324. The molecule has 3 fully saturated rings. The summed E-state index contributed by atoms with van der Waals surface area (Å²) in [6, 6.07) is 5.29. The van der Waals surface area contributed by atoms with Gasteiger partial charge in [0.25, 0.3) is 5.91 Å². The van der Waals surface area contributed by atoms with E-state index in [2.05, 4.69) is 22.6 Å². The van der Waals surface area contributed by atoms with Crippen LogP contribution < -0.4 is 14.5 Å². The van der Waals surface area contributed by atoms with Crippen molar-refractivity contribution in [2.24, 2.45) is 0 Å². The fourth-order valence-electron chi connectivity index (χ4n) is 5.29. The van der Waals surface area contributed by atoms with Crippen molar-refractivity contribution in [3.05, 3.63) is 41.9 Å². The van der Waals surface area contributed by atoms with Crippen molar-refractivity contribution in [2.75, 3.05) is 36.1 Å². The van der Waals surface area contributed by atoms with Crippen molar-refractivity contribution in [3.63, 3.8) is 0 Å². The van der Waals surface area contributed by atoms with Crippen molar-refractivity contribution in [1.29, 1.82) is 5.26 Å². The Balaban J connectivity index is 1.41. The average molecular weight is 565 g/mol. The Labute approximate surface area is 226 Å². The standard InChI is InChI=1S/C25H24F4N6O3S/c26-7-10-33-8-4-17(5-9-33)38-21-2-1-15(13-32-21)35-23(39)34(22(37)24(35)6-3-20(24)36)16-11-18(25(27,28)29)19(12-30)31-14-16/h1-2,11,13-14,17,23,39H,3-10H2. The Morgan fingerprint density at radius 2 is 1.87 bits per heavy atom. The number of hydrogen-bond donors (Lipinski definition) is 1. The van der Waals surface area contributed by atoms with Crippen molar-refractivity contribution in [3.8, 4) is 11.9 Å². The first-order chi connectivity index (χ1) is 18.6. The molecule has 1 aliphatic carbocycles. The van der Waals surface area contributed by atoms with Crippen LogP contribution in [0, 0.1) is 11.3 Å². The van der Waals surface area contributed by atoms with Crippen molar-refractivity contribution in [2.45, 2.75) is 49.0 Å². The zero-order valence-electron chi connectivity index (χ0n) is 20.6. The lowest BCUT2D eigenvalue weighted by Gasteiger charge is -2.42. The number of piperidine rings is 1. The second kappa shape index (κ2) is 10.3. The van der Waals surface area contributed by atoms with Crippen molar-refractivity contribution >= 4 is 35.7 Å². The molecule has 4 heterocycles. The highest BCUT2D eigenvalue weighted by Gasteiger charge is 2.66. The van der Waals surface area contributed by atoms with Crippen LogP contribution in [0.15, 0.2) is 30.6 Å². The van der Waals surface area contributed by atoms with Gasteiger partial charge in [-0.25, -0.2) is 14.4 Å². The Hall–Kier alpha value is -3.44. The molecule has 0 bridgehead atoms. The van der Waals surface area contributed by atoms with Gasteiger partial charge < -0.3 is 14.5 Å². The number of ether oxygens (including phenoxy) is 1. The predicted octanol–water partition coefficient (Wildman–Crippen LogP) is 3.35. The molecular weight excluding hydrogens is 540 g/mol. The van der Waals surface area contributed by atoms with Gasteiger partial charge in [-0.3, -0.25) is 14.5 Å². The number of carbonyl (C=O) groups excluding carboxylic acids is 2. The van der Waals surface area contributed by atoms with Gasteiger partial charge in [0, 0.05) is 32.1 Å². The minimum Gasteiger partial charge on any atom is -0.474 e. The third-order valence-corrected chi connectivity index (χ3v) is 7.87. The van der Waals surface area contributed by atoms with Crippen LogP contribution in [0.5, 0.6) is 5.88 Å². The molecule has 2 aromatic heterocycles. The Bertz CT molecular complexity index is 1310. The summed E-state index contributed by atoms with van der Waals surface area (Å²) in [6.07, 6.45) is -0.831. The largest absolute Gasteiger partial charge is 0.474 e. The number of thiol groups is 1. The van der Waals surface area contributed by atoms with Gasteiger partial charge in [-0.05, 0) is 31.4 Å². The summed E-state index contributed by atoms with van der Waals surface area (Å²) < 4.78 is 59.3. The molecular formula is C25H24F4N6O3S. The average Bonchev–Trinajstić information content (AvgIpc) is 3.16. The predicted molar refractivity (Wildman–Crippen MR) is 134 cm³/mol. The summed E-state index contributed by atoms with van der Waals surface area (Å²) in [6.45, 7) is 1.42. The van der Waals surface area contributed by atoms with Crippen molar-refractivity contribution < 1.29 is 31.9 Å². The number of rotatable bonds is 6. The molecule has 3 aliphatic rings. The van der Waals surface area contributed by atoms with E-state index in [0.29, 0.717) is 50.1 Å². The maximum atomic E-state index is 13.6. The van der Waals surface area contributed by atoms with E-state index in [1.807, 2.05) is 4.90 Å². The molecule has 2 atom stereocenters. The van der Waals surface area contributed by atoms with E-state index in [1.54, 1.807) is 12.1 Å². The Morgan fingerprint density at radius 3 is 2.41 bits per heavy atom. The van der Waals surface area contributed by atoms with Gasteiger partial charge in [-0.2, -0.15) is 18.4 Å². The number of nitrogens with zero attached hydrogens (tertiary/aromatic N) is 6. The number of anilines is 2. The van der Waals surface area contributed by atoms with Crippen LogP contribution in [0.2, 0.25) is 0 Å². The SMILES string of the molecule is N#Cc1ncc(N2C(=O)C3(CCC3=O)N(c3ccc(OC4CCN(CCF)CC4)nc3)C2S)cc1C(F)(F)F. The highest BCUT2D eigenvalue weighted by molar-refractivity contribution is 7.81. The minimum atomic E-state index is -4.88. The fourth-order valence-corrected chi connectivity index (χ4v) is 5.85. The van der Waals surface area contributed by atoms with Crippen LogP contribution in [-0.2, 0) is 15.8 Å². The summed E-state index contributed by atoms with van der Waals surface area (Å²) in [4.78, 5) is 38.9. The number of ketones is 1.